The summed E-state index contributed by atoms with van der Waals surface area (Å²) in [5, 5.41) is 14.6. The summed E-state index contributed by atoms with van der Waals surface area (Å²) >= 11 is 1.67. The summed E-state index contributed by atoms with van der Waals surface area (Å²) in [4.78, 5) is 14.2. The van der Waals surface area contributed by atoms with Gasteiger partial charge in [-0.05, 0) is 62.3 Å². The van der Waals surface area contributed by atoms with Crippen LogP contribution < -0.4 is 10.6 Å². The molecule has 0 bridgehead atoms. The maximum atomic E-state index is 12.1. The van der Waals surface area contributed by atoms with E-state index in [1.165, 1.54) is 5.56 Å². The van der Waals surface area contributed by atoms with Crippen LogP contribution >= 0.6 is 11.3 Å². The summed E-state index contributed by atoms with van der Waals surface area (Å²) in [6.45, 7) is 8.17. The first-order valence-electron chi connectivity index (χ1n) is 8.58. The van der Waals surface area contributed by atoms with Crippen molar-refractivity contribution in [3.8, 4) is 0 Å². The molecule has 2 rings (SSSR count). The van der Waals surface area contributed by atoms with Crippen LogP contribution in [0.25, 0.3) is 0 Å². The van der Waals surface area contributed by atoms with Gasteiger partial charge in [0.1, 0.15) is 0 Å². The second kappa shape index (κ2) is 9.01. The number of aryl methyl sites for hydroxylation is 2. The van der Waals surface area contributed by atoms with Crippen molar-refractivity contribution in [2.24, 2.45) is 5.92 Å². The van der Waals surface area contributed by atoms with Crippen molar-refractivity contribution in [3.63, 3.8) is 0 Å². The highest BCUT2D eigenvalue weighted by Gasteiger charge is 2.16. The molecule has 6 nitrogen and oxygen atoms in total. The van der Waals surface area contributed by atoms with Crippen LogP contribution in [0.4, 0.5) is 4.79 Å². The molecule has 0 radical (unpaired) electrons. The number of thiophene rings is 1. The van der Waals surface area contributed by atoms with Crippen LogP contribution in [0.15, 0.2) is 22.9 Å². The Bertz CT molecular complexity index is 665. The lowest BCUT2D eigenvalue weighted by molar-refractivity contribution is 0.230. The fourth-order valence-corrected chi connectivity index (χ4v) is 3.51. The Morgan fingerprint density at radius 2 is 2.04 bits per heavy atom. The summed E-state index contributed by atoms with van der Waals surface area (Å²) in [7, 11) is 4.05. The molecule has 0 saturated heterocycles. The van der Waals surface area contributed by atoms with Crippen LogP contribution in [0.2, 0.25) is 0 Å². The van der Waals surface area contributed by atoms with Gasteiger partial charge in [0.05, 0.1) is 11.7 Å². The number of hydrogen-bond acceptors (Lipinski definition) is 4. The molecule has 2 aromatic rings. The Balaban J connectivity index is 1.75. The van der Waals surface area contributed by atoms with Crippen molar-refractivity contribution in [2.45, 2.75) is 33.4 Å². The molecule has 2 amide bonds. The van der Waals surface area contributed by atoms with Gasteiger partial charge in [-0.25, -0.2) is 4.79 Å². The lowest BCUT2D eigenvalue weighted by atomic mass is 10.1. The van der Waals surface area contributed by atoms with Crippen LogP contribution in [0, 0.1) is 19.8 Å². The SMILES string of the molecule is Cc1cc(C)n(CC(C)CNC(=O)NCC(c2ccsc2)N(C)C)n1. The third-order valence-corrected chi connectivity index (χ3v) is 4.91. The van der Waals surface area contributed by atoms with Gasteiger partial charge >= 0.3 is 6.03 Å². The van der Waals surface area contributed by atoms with E-state index in [2.05, 4.69) is 57.4 Å². The van der Waals surface area contributed by atoms with E-state index >= 15 is 0 Å². The molecular weight excluding hydrogens is 334 g/mol. The topological polar surface area (TPSA) is 62.2 Å². The molecule has 2 aromatic heterocycles. The Labute approximate surface area is 154 Å². The Morgan fingerprint density at radius 3 is 2.60 bits per heavy atom. The summed E-state index contributed by atoms with van der Waals surface area (Å²) in [5.41, 5.74) is 3.41. The van der Waals surface area contributed by atoms with Gasteiger partial charge in [-0.2, -0.15) is 16.4 Å². The fourth-order valence-electron chi connectivity index (χ4n) is 2.80. The smallest absolute Gasteiger partial charge is 0.314 e. The van der Waals surface area contributed by atoms with E-state index < -0.39 is 0 Å². The van der Waals surface area contributed by atoms with E-state index in [9.17, 15) is 4.79 Å². The highest BCUT2D eigenvalue weighted by Crippen LogP contribution is 2.19. The van der Waals surface area contributed by atoms with E-state index in [4.69, 9.17) is 0 Å². The molecule has 0 aliphatic heterocycles. The largest absolute Gasteiger partial charge is 0.338 e. The molecule has 0 aromatic carbocycles. The number of aromatic nitrogens is 2. The van der Waals surface area contributed by atoms with Crippen molar-refractivity contribution in [1.82, 2.24) is 25.3 Å². The third-order valence-electron chi connectivity index (χ3n) is 4.21. The molecule has 0 spiro atoms. The van der Waals surface area contributed by atoms with Gasteiger partial charge in [-0.1, -0.05) is 6.92 Å². The number of hydrogen-bond donors (Lipinski definition) is 2. The van der Waals surface area contributed by atoms with E-state index in [1.807, 2.05) is 25.7 Å². The van der Waals surface area contributed by atoms with E-state index in [0.29, 0.717) is 19.0 Å². The molecule has 7 heteroatoms. The summed E-state index contributed by atoms with van der Waals surface area (Å²) in [6.07, 6.45) is 0. The quantitative estimate of drug-likeness (QED) is 0.758. The van der Waals surface area contributed by atoms with E-state index in [-0.39, 0.29) is 12.1 Å². The van der Waals surface area contributed by atoms with Crippen molar-refractivity contribution < 1.29 is 4.79 Å². The number of nitrogens with one attached hydrogen (secondary N) is 2. The number of likely N-dealkylation sites (N-methyl/N-ethyl adjacent to an activating group) is 1. The zero-order chi connectivity index (χ0) is 18.4. The molecule has 2 unspecified atom stereocenters. The predicted molar refractivity (Wildman–Crippen MR) is 103 cm³/mol. The number of carbonyl (C=O) groups excluding carboxylic acids is 1. The van der Waals surface area contributed by atoms with E-state index in [1.54, 1.807) is 11.3 Å². The normalized spacial score (nSPS) is 13.7. The van der Waals surface area contributed by atoms with Gasteiger partial charge in [0.25, 0.3) is 0 Å². The molecule has 138 valence electrons. The summed E-state index contributed by atoms with van der Waals surface area (Å²) in [6, 6.07) is 4.23. The lowest BCUT2D eigenvalue weighted by Crippen LogP contribution is -2.42. The molecule has 25 heavy (non-hydrogen) atoms. The van der Waals surface area contributed by atoms with Crippen LogP contribution in [-0.2, 0) is 6.54 Å². The first-order valence-corrected chi connectivity index (χ1v) is 9.52. The minimum absolute atomic E-state index is 0.123. The third kappa shape index (κ3) is 5.86. The average Bonchev–Trinajstić information content (AvgIpc) is 3.15. The molecule has 2 atom stereocenters. The van der Waals surface area contributed by atoms with Crippen LogP contribution in [0.5, 0.6) is 0 Å². The van der Waals surface area contributed by atoms with Gasteiger partial charge < -0.3 is 15.5 Å². The number of rotatable bonds is 8. The minimum atomic E-state index is -0.123. The molecule has 2 N–H and O–H groups in total. The zero-order valence-corrected chi connectivity index (χ0v) is 16.6. The summed E-state index contributed by atoms with van der Waals surface area (Å²) < 4.78 is 2.00. The highest BCUT2D eigenvalue weighted by molar-refractivity contribution is 7.07. The van der Waals surface area contributed by atoms with Gasteiger partial charge in [0.15, 0.2) is 0 Å². The molecular formula is C18H29N5OS. The van der Waals surface area contributed by atoms with Crippen molar-refractivity contribution in [2.75, 3.05) is 27.2 Å². The van der Waals surface area contributed by atoms with Crippen LogP contribution in [-0.4, -0.2) is 47.9 Å². The number of amides is 2. The van der Waals surface area contributed by atoms with Crippen molar-refractivity contribution >= 4 is 17.4 Å². The van der Waals surface area contributed by atoms with E-state index in [0.717, 1.165) is 17.9 Å². The fraction of sp³-hybridized carbons (Fsp3) is 0.556. The maximum absolute atomic E-state index is 12.1. The molecule has 0 saturated carbocycles. The number of urea groups is 1. The number of nitrogens with zero attached hydrogens (tertiary/aromatic N) is 3. The van der Waals surface area contributed by atoms with Gasteiger partial charge in [0, 0.05) is 25.3 Å². The van der Waals surface area contributed by atoms with Gasteiger partial charge in [-0.3, -0.25) is 4.68 Å². The Kier molecular flexibility index (Phi) is 7.01. The molecule has 0 aliphatic rings. The van der Waals surface area contributed by atoms with Crippen molar-refractivity contribution in [3.05, 3.63) is 39.8 Å². The second-order valence-corrected chi connectivity index (χ2v) is 7.62. The monoisotopic (exact) mass is 363 g/mol. The number of carbonyl (C=O) groups is 1. The summed E-state index contributed by atoms with van der Waals surface area (Å²) in [5.74, 6) is 0.310. The van der Waals surface area contributed by atoms with Crippen LogP contribution in [0.1, 0.15) is 29.9 Å². The van der Waals surface area contributed by atoms with Crippen molar-refractivity contribution in [1.29, 1.82) is 0 Å². The zero-order valence-electron chi connectivity index (χ0n) is 15.7. The second-order valence-electron chi connectivity index (χ2n) is 6.84. The standard InChI is InChI=1S/C18H29N5OS/c1-13(11-23-15(3)8-14(2)21-23)9-19-18(24)20-10-17(22(4)5)16-6-7-25-12-16/h6-8,12-13,17H,9-11H2,1-5H3,(H2,19,20,24). The molecule has 0 fully saturated rings. The highest BCUT2D eigenvalue weighted by atomic mass is 32.1. The predicted octanol–water partition coefficient (Wildman–Crippen LogP) is 2.80. The molecule has 2 heterocycles. The minimum Gasteiger partial charge on any atom is -0.338 e. The first-order chi connectivity index (χ1) is 11.9. The first kappa shape index (κ1) is 19.5. The van der Waals surface area contributed by atoms with Gasteiger partial charge in [-0.15, -0.1) is 0 Å². The average molecular weight is 364 g/mol. The van der Waals surface area contributed by atoms with Gasteiger partial charge in [0.2, 0.25) is 0 Å². The Morgan fingerprint density at radius 1 is 1.32 bits per heavy atom. The molecule has 0 aliphatic carbocycles. The lowest BCUT2D eigenvalue weighted by Gasteiger charge is -2.24. The Hall–Kier alpha value is -1.86. The van der Waals surface area contributed by atoms with Crippen LogP contribution in [0.3, 0.4) is 0 Å². The maximum Gasteiger partial charge on any atom is 0.314 e.